The van der Waals surface area contributed by atoms with E-state index in [1.807, 2.05) is 58.9 Å². The molecule has 2 aromatic rings. The number of halogens is 1. The molecule has 0 spiro atoms. The van der Waals surface area contributed by atoms with Gasteiger partial charge in [-0.2, -0.15) is 0 Å². The lowest BCUT2D eigenvalue weighted by Gasteiger charge is -2.33. The highest BCUT2D eigenvalue weighted by Crippen LogP contribution is 2.25. The van der Waals surface area contributed by atoms with Crippen molar-refractivity contribution in [1.29, 1.82) is 0 Å². The molecule has 0 heterocycles. The van der Waals surface area contributed by atoms with Crippen LogP contribution >= 0.6 is 11.6 Å². The lowest BCUT2D eigenvalue weighted by molar-refractivity contribution is -0.140. The lowest BCUT2D eigenvalue weighted by Crippen LogP contribution is -2.52. The summed E-state index contributed by atoms with van der Waals surface area (Å²) >= 11 is 6.24. The number of carbonyl (C=O) groups excluding carboxylic acids is 2. The van der Waals surface area contributed by atoms with E-state index in [1.165, 1.54) is 11.0 Å². The van der Waals surface area contributed by atoms with Crippen LogP contribution in [-0.4, -0.2) is 50.5 Å². The Morgan fingerprint density at radius 2 is 1.71 bits per heavy atom. The summed E-state index contributed by atoms with van der Waals surface area (Å²) < 4.78 is 26.4. The van der Waals surface area contributed by atoms with E-state index in [9.17, 15) is 18.0 Å². The van der Waals surface area contributed by atoms with Gasteiger partial charge in [0.05, 0.1) is 11.9 Å². The number of rotatable bonds is 11. The normalized spacial score (nSPS) is 12.3. The second-order valence-corrected chi connectivity index (χ2v) is 11.5. The number of amides is 2. The van der Waals surface area contributed by atoms with Crippen LogP contribution in [0.2, 0.25) is 5.02 Å². The summed E-state index contributed by atoms with van der Waals surface area (Å²) in [5.41, 5.74) is 2.96. The molecule has 2 aromatic carbocycles. The number of sulfonamides is 1. The van der Waals surface area contributed by atoms with Crippen LogP contribution in [0.15, 0.2) is 42.5 Å². The first kappa shape index (κ1) is 28.7. The zero-order valence-electron chi connectivity index (χ0n) is 21.3. The predicted octanol–water partition coefficient (Wildman–Crippen LogP) is 4.30. The highest BCUT2D eigenvalue weighted by molar-refractivity contribution is 7.92. The minimum absolute atomic E-state index is 0.186. The molecule has 0 bridgehead atoms. The molecule has 1 unspecified atom stereocenters. The smallest absolute Gasteiger partial charge is 0.244 e. The zero-order chi connectivity index (χ0) is 26.3. The van der Waals surface area contributed by atoms with E-state index in [4.69, 9.17) is 11.6 Å². The van der Waals surface area contributed by atoms with Crippen molar-refractivity contribution in [2.75, 3.05) is 23.7 Å². The summed E-state index contributed by atoms with van der Waals surface area (Å²) in [6, 6.07) is 11.7. The Morgan fingerprint density at radius 1 is 1.06 bits per heavy atom. The second-order valence-electron chi connectivity index (χ2n) is 9.21. The molecule has 1 atom stereocenters. The van der Waals surface area contributed by atoms with Crippen LogP contribution in [0.5, 0.6) is 0 Å². The van der Waals surface area contributed by atoms with Gasteiger partial charge >= 0.3 is 0 Å². The standard InChI is InChI=1S/C26H36ClN3O4S/c1-7-24(26(32)28-15-18(2)3)29(16-21-11-9-8-10-19(21)4)25(31)17-30(35(6,33)34)22-13-12-20(5)23(27)14-22/h8-14,18,24H,7,15-17H2,1-6H3,(H,28,32). The van der Waals surface area contributed by atoms with E-state index < -0.39 is 28.5 Å². The number of hydrogen-bond donors (Lipinski definition) is 1. The summed E-state index contributed by atoms with van der Waals surface area (Å²) in [4.78, 5) is 28.2. The number of benzene rings is 2. The number of nitrogens with one attached hydrogen (secondary N) is 1. The molecular formula is C26H36ClN3O4S. The maximum absolute atomic E-state index is 13.7. The van der Waals surface area contributed by atoms with E-state index in [0.717, 1.165) is 27.3 Å². The van der Waals surface area contributed by atoms with Gasteiger partial charge in [0.2, 0.25) is 21.8 Å². The molecule has 0 fully saturated rings. The van der Waals surface area contributed by atoms with E-state index in [0.29, 0.717) is 23.7 Å². The summed E-state index contributed by atoms with van der Waals surface area (Å²) in [5.74, 6) is -0.474. The van der Waals surface area contributed by atoms with Crippen LogP contribution in [0.4, 0.5) is 5.69 Å². The van der Waals surface area contributed by atoms with Gasteiger partial charge in [-0.05, 0) is 55.0 Å². The number of aryl methyl sites for hydroxylation is 2. The molecule has 0 aliphatic heterocycles. The fourth-order valence-corrected chi connectivity index (χ4v) is 4.68. The molecule has 0 saturated heterocycles. The molecule has 1 N–H and O–H groups in total. The molecule has 2 amide bonds. The molecular weight excluding hydrogens is 486 g/mol. The summed E-state index contributed by atoms with van der Waals surface area (Å²) in [6.45, 7) is 9.80. The molecule has 192 valence electrons. The van der Waals surface area contributed by atoms with Gasteiger partial charge in [0.25, 0.3) is 0 Å². The van der Waals surface area contributed by atoms with Gasteiger partial charge in [-0.15, -0.1) is 0 Å². The van der Waals surface area contributed by atoms with E-state index in [-0.39, 0.29) is 18.4 Å². The van der Waals surface area contributed by atoms with Crippen LogP contribution in [0.25, 0.3) is 0 Å². The van der Waals surface area contributed by atoms with Gasteiger partial charge in [-0.3, -0.25) is 13.9 Å². The van der Waals surface area contributed by atoms with Gasteiger partial charge in [-0.25, -0.2) is 8.42 Å². The Morgan fingerprint density at radius 3 is 2.26 bits per heavy atom. The van der Waals surface area contributed by atoms with Gasteiger partial charge < -0.3 is 10.2 Å². The Labute approximate surface area is 214 Å². The zero-order valence-corrected chi connectivity index (χ0v) is 22.9. The second kappa shape index (κ2) is 12.4. The van der Waals surface area contributed by atoms with Gasteiger partial charge in [-0.1, -0.05) is 62.7 Å². The van der Waals surface area contributed by atoms with Crippen molar-refractivity contribution in [1.82, 2.24) is 10.2 Å². The first-order chi connectivity index (χ1) is 16.3. The van der Waals surface area contributed by atoms with Crippen LogP contribution in [0, 0.1) is 19.8 Å². The third-order valence-electron chi connectivity index (χ3n) is 5.79. The molecule has 35 heavy (non-hydrogen) atoms. The number of anilines is 1. The number of carbonyl (C=O) groups is 2. The highest BCUT2D eigenvalue weighted by Gasteiger charge is 2.32. The first-order valence-corrected chi connectivity index (χ1v) is 13.9. The lowest BCUT2D eigenvalue weighted by atomic mass is 10.1. The van der Waals surface area contributed by atoms with Crippen LogP contribution < -0.4 is 9.62 Å². The van der Waals surface area contributed by atoms with Gasteiger partial charge in [0.1, 0.15) is 12.6 Å². The number of hydrogen-bond acceptors (Lipinski definition) is 4. The SMILES string of the molecule is CCC(C(=O)NCC(C)C)N(Cc1ccccc1C)C(=O)CN(c1ccc(C)c(Cl)c1)S(C)(=O)=O. The maximum Gasteiger partial charge on any atom is 0.244 e. The van der Waals surface area contributed by atoms with Crippen LogP contribution in [-0.2, 0) is 26.2 Å². The van der Waals surface area contributed by atoms with Crippen molar-refractivity contribution in [3.05, 3.63) is 64.2 Å². The van der Waals surface area contributed by atoms with Crippen molar-refractivity contribution < 1.29 is 18.0 Å². The third-order valence-corrected chi connectivity index (χ3v) is 7.34. The average molecular weight is 522 g/mol. The average Bonchev–Trinajstić information content (AvgIpc) is 2.78. The number of nitrogens with zero attached hydrogens (tertiary/aromatic N) is 2. The molecule has 0 saturated carbocycles. The largest absolute Gasteiger partial charge is 0.354 e. The molecule has 9 heteroatoms. The fourth-order valence-electron chi connectivity index (χ4n) is 3.66. The Kier molecular flexibility index (Phi) is 10.2. The highest BCUT2D eigenvalue weighted by atomic mass is 35.5. The van der Waals surface area contributed by atoms with Gasteiger partial charge in [0, 0.05) is 18.1 Å². The molecule has 0 radical (unpaired) electrons. The Bertz CT molecular complexity index is 1150. The summed E-state index contributed by atoms with van der Waals surface area (Å²) in [5, 5.41) is 3.32. The van der Waals surface area contributed by atoms with Crippen LogP contribution in [0.3, 0.4) is 0 Å². The Hall–Kier alpha value is -2.58. The van der Waals surface area contributed by atoms with Crippen molar-refractivity contribution in [2.45, 2.75) is 53.6 Å². The summed E-state index contributed by atoms with van der Waals surface area (Å²) in [6.07, 6.45) is 1.43. The van der Waals surface area contributed by atoms with Crippen molar-refractivity contribution in [2.24, 2.45) is 5.92 Å². The third kappa shape index (κ3) is 7.97. The topological polar surface area (TPSA) is 86.8 Å². The van der Waals surface area contributed by atoms with E-state index >= 15 is 0 Å². The van der Waals surface area contributed by atoms with E-state index in [2.05, 4.69) is 5.32 Å². The molecule has 7 nitrogen and oxygen atoms in total. The van der Waals surface area contributed by atoms with E-state index in [1.54, 1.807) is 12.1 Å². The predicted molar refractivity (Wildman–Crippen MR) is 142 cm³/mol. The van der Waals surface area contributed by atoms with Crippen molar-refractivity contribution in [3.8, 4) is 0 Å². The first-order valence-electron chi connectivity index (χ1n) is 11.7. The minimum Gasteiger partial charge on any atom is -0.354 e. The molecule has 0 aliphatic carbocycles. The quantitative estimate of drug-likeness (QED) is 0.477. The van der Waals surface area contributed by atoms with Crippen molar-refractivity contribution >= 4 is 39.1 Å². The van der Waals surface area contributed by atoms with Gasteiger partial charge in [0.15, 0.2) is 0 Å². The van der Waals surface area contributed by atoms with Crippen LogP contribution in [0.1, 0.15) is 43.9 Å². The van der Waals surface area contributed by atoms with Crippen molar-refractivity contribution in [3.63, 3.8) is 0 Å². The summed E-state index contributed by atoms with van der Waals surface area (Å²) in [7, 11) is -3.80. The minimum atomic E-state index is -3.80. The molecule has 0 aromatic heterocycles. The monoisotopic (exact) mass is 521 g/mol. The molecule has 0 aliphatic rings. The maximum atomic E-state index is 13.7. The fraction of sp³-hybridized carbons (Fsp3) is 0.462. The Balaban J connectivity index is 2.45. The molecule has 2 rings (SSSR count).